The van der Waals surface area contributed by atoms with E-state index >= 15 is 0 Å². The highest BCUT2D eigenvalue weighted by atomic mass is 32.2. The number of nitrogens with one attached hydrogen (secondary N) is 1. The minimum Gasteiger partial charge on any atom is -0.490 e. The van der Waals surface area contributed by atoms with Gasteiger partial charge in [0.05, 0.1) is 25.2 Å². The molecule has 1 N–H and O–H groups in total. The smallest absolute Gasteiger partial charge is 0.240 e. The maximum absolute atomic E-state index is 12.6. The summed E-state index contributed by atoms with van der Waals surface area (Å²) in [5.41, 5.74) is 0.522. The molecule has 0 atom stereocenters. The van der Waals surface area contributed by atoms with Crippen molar-refractivity contribution in [3.8, 4) is 17.5 Å². The Hall–Kier alpha value is -2.39. The molecule has 1 saturated carbocycles. The van der Waals surface area contributed by atoms with Crippen LogP contribution in [0.2, 0.25) is 0 Å². The molecule has 1 aromatic heterocycles. The standard InChI is InChI=1S/C18H23N3O5S/c1-24-17-11-13(18(25-2)21-20-17)12-19-27(22,23)16-9-7-15(8-10-16)26-14-5-3-4-6-14/h7-11,14,19H,3-6,12H2,1-2H3. The molecule has 1 aromatic carbocycles. The number of ether oxygens (including phenoxy) is 3. The summed E-state index contributed by atoms with van der Waals surface area (Å²) < 4.78 is 43.6. The molecule has 8 nitrogen and oxygen atoms in total. The predicted octanol–water partition coefficient (Wildman–Crippen LogP) is 2.29. The van der Waals surface area contributed by atoms with E-state index < -0.39 is 10.0 Å². The fourth-order valence-electron chi connectivity index (χ4n) is 2.95. The lowest BCUT2D eigenvalue weighted by Gasteiger charge is -2.14. The second-order valence-corrected chi connectivity index (χ2v) is 8.01. The zero-order valence-electron chi connectivity index (χ0n) is 15.3. The highest BCUT2D eigenvalue weighted by Gasteiger charge is 2.19. The number of nitrogens with zero attached hydrogens (tertiary/aromatic N) is 2. The van der Waals surface area contributed by atoms with Gasteiger partial charge < -0.3 is 14.2 Å². The highest BCUT2D eigenvalue weighted by molar-refractivity contribution is 7.89. The fraction of sp³-hybridized carbons (Fsp3) is 0.444. The Bertz CT molecular complexity index is 865. The topological polar surface area (TPSA) is 99.6 Å². The molecule has 2 aromatic rings. The van der Waals surface area contributed by atoms with Gasteiger partial charge in [-0.3, -0.25) is 0 Å². The Balaban J connectivity index is 1.67. The minimum atomic E-state index is -3.70. The number of methoxy groups -OCH3 is 2. The molecule has 1 fully saturated rings. The van der Waals surface area contributed by atoms with E-state index in [0.29, 0.717) is 11.3 Å². The Labute approximate surface area is 158 Å². The van der Waals surface area contributed by atoms with Gasteiger partial charge in [-0.1, -0.05) is 0 Å². The second kappa shape index (κ2) is 8.53. The molecule has 0 spiro atoms. The third-order valence-corrected chi connectivity index (χ3v) is 5.82. The summed E-state index contributed by atoms with van der Waals surface area (Å²) in [6.45, 7) is -0.00227. The summed E-state index contributed by atoms with van der Waals surface area (Å²) in [7, 11) is -0.797. The molecule has 0 amide bonds. The van der Waals surface area contributed by atoms with Crippen LogP contribution in [0.5, 0.6) is 17.5 Å². The van der Waals surface area contributed by atoms with Gasteiger partial charge in [0.2, 0.25) is 21.8 Å². The number of hydrogen-bond donors (Lipinski definition) is 1. The Kier molecular flexibility index (Phi) is 6.12. The van der Waals surface area contributed by atoms with E-state index in [4.69, 9.17) is 14.2 Å². The Morgan fingerprint density at radius 3 is 2.41 bits per heavy atom. The van der Waals surface area contributed by atoms with Crippen molar-refractivity contribution < 1.29 is 22.6 Å². The maximum Gasteiger partial charge on any atom is 0.240 e. The minimum absolute atomic E-state index is 0.00227. The SMILES string of the molecule is COc1cc(CNS(=O)(=O)c2ccc(OC3CCCC3)cc2)c(OC)nn1. The highest BCUT2D eigenvalue weighted by Crippen LogP contribution is 2.25. The average Bonchev–Trinajstić information content (AvgIpc) is 3.19. The molecule has 0 unspecified atom stereocenters. The third-order valence-electron chi connectivity index (χ3n) is 4.41. The summed E-state index contributed by atoms with van der Waals surface area (Å²) >= 11 is 0. The molecular weight excluding hydrogens is 370 g/mol. The molecule has 0 saturated heterocycles. The van der Waals surface area contributed by atoms with E-state index in [2.05, 4.69) is 14.9 Å². The van der Waals surface area contributed by atoms with Crippen molar-refractivity contribution in [1.82, 2.24) is 14.9 Å². The van der Waals surface area contributed by atoms with Gasteiger partial charge in [-0.2, -0.15) is 0 Å². The number of rotatable bonds is 8. The molecule has 27 heavy (non-hydrogen) atoms. The van der Waals surface area contributed by atoms with Crippen LogP contribution in [-0.2, 0) is 16.6 Å². The van der Waals surface area contributed by atoms with Gasteiger partial charge in [-0.15, -0.1) is 10.2 Å². The summed E-state index contributed by atoms with van der Waals surface area (Å²) in [5, 5.41) is 7.65. The van der Waals surface area contributed by atoms with Gasteiger partial charge in [-0.05, 0) is 49.9 Å². The Morgan fingerprint density at radius 1 is 1.07 bits per heavy atom. The van der Waals surface area contributed by atoms with Gasteiger partial charge in [0.15, 0.2) is 0 Å². The molecule has 0 bridgehead atoms. The first kappa shape index (κ1) is 19.4. The number of benzene rings is 1. The first-order chi connectivity index (χ1) is 13.0. The van der Waals surface area contributed by atoms with Crippen LogP contribution in [-0.4, -0.2) is 38.9 Å². The number of aromatic nitrogens is 2. The van der Waals surface area contributed by atoms with E-state index in [1.807, 2.05) is 0 Å². The quantitative estimate of drug-likeness (QED) is 0.734. The lowest BCUT2D eigenvalue weighted by Crippen LogP contribution is -2.23. The second-order valence-electron chi connectivity index (χ2n) is 6.24. The third kappa shape index (κ3) is 4.86. The molecule has 0 aliphatic heterocycles. The maximum atomic E-state index is 12.6. The zero-order chi connectivity index (χ0) is 19.3. The van der Waals surface area contributed by atoms with Crippen molar-refractivity contribution in [1.29, 1.82) is 0 Å². The molecule has 1 aliphatic rings. The van der Waals surface area contributed by atoms with Crippen molar-refractivity contribution >= 4 is 10.0 Å². The van der Waals surface area contributed by atoms with Crippen LogP contribution >= 0.6 is 0 Å². The van der Waals surface area contributed by atoms with Crippen LogP contribution in [0.4, 0.5) is 0 Å². The number of sulfonamides is 1. The number of hydrogen-bond acceptors (Lipinski definition) is 7. The normalized spacial score (nSPS) is 14.9. The van der Waals surface area contributed by atoms with Crippen LogP contribution in [0, 0.1) is 0 Å². The zero-order valence-corrected chi connectivity index (χ0v) is 16.2. The van der Waals surface area contributed by atoms with Crippen LogP contribution < -0.4 is 18.9 Å². The van der Waals surface area contributed by atoms with E-state index in [-0.39, 0.29) is 29.3 Å². The molecule has 1 aliphatic carbocycles. The predicted molar refractivity (Wildman–Crippen MR) is 98.5 cm³/mol. The molecule has 1 heterocycles. The first-order valence-corrected chi connectivity index (χ1v) is 10.2. The fourth-order valence-corrected chi connectivity index (χ4v) is 3.96. The van der Waals surface area contributed by atoms with E-state index in [1.165, 1.54) is 39.2 Å². The van der Waals surface area contributed by atoms with Gasteiger partial charge in [0, 0.05) is 18.2 Å². The molecule has 9 heteroatoms. The lowest BCUT2D eigenvalue weighted by atomic mass is 10.3. The summed E-state index contributed by atoms with van der Waals surface area (Å²) in [6.07, 6.45) is 4.69. The molecule has 3 rings (SSSR count). The summed E-state index contributed by atoms with van der Waals surface area (Å²) in [6, 6.07) is 8.02. The van der Waals surface area contributed by atoms with Gasteiger partial charge in [0.1, 0.15) is 5.75 Å². The monoisotopic (exact) mass is 393 g/mol. The molecular formula is C18H23N3O5S. The van der Waals surface area contributed by atoms with Gasteiger partial charge in [-0.25, -0.2) is 13.1 Å². The van der Waals surface area contributed by atoms with Crippen LogP contribution in [0.1, 0.15) is 31.2 Å². The van der Waals surface area contributed by atoms with Crippen molar-refractivity contribution in [2.75, 3.05) is 14.2 Å². The molecule has 146 valence electrons. The van der Waals surface area contributed by atoms with Crippen molar-refractivity contribution in [2.45, 2.75) is 43.2 Å². The summed E-state index contributed by atoms with van der Waals surface area (Å²) in [5.74, 6) is 1.20. The Morgan fingerprint density at radius 2 is 1.78 bits per heavy atom. The summed E-state index contributed by atoms with van der Waals surface area (Å²) in [4.78, 5) is 0.161. The average molecular weight is 393 g/mol. The largest absolute Gasteiger partial charge is 0.490 e. The van der Waals surface area contributed by atoms with Gasteiger partial charge >= 0.3 is 0 Å². The van der Waals surface area contributed by atoms with Gasteiger partial charge in [0.25, 0.3) is 0 Å². The van der Waals surface area contributed by atoms with E-state index in [0.717, 1.165) is 12.8 Å². The van der Waals surface area contributed by atoms with Crippen LogP contribution in [0.15, 0.2) is 35.2 Å². The first-order valence-electron chi connectivity index (χ1n) is 8.73. The van der Waals surface area contributed by atoms with Crippen LogP contribution in [0.25, 0.3) is 0 Å². The molecule has 0 radical (unpaired) electrons. The van der Waals surface area contributed by atoms with Crippen molar-refractivity contribution in [2.24, 2.45) is 0 Å². The van der Waals surface area contributed by atoms with E-state index in [1.54, 1.807) is 18.2 Å². The van der Waals surface area contributed by atoms with E-state index in [9.17, 15) is 8.42 Å². The van der Waals surface area contributed by atoms with Crippen LogP contribution in [0.3, 0.4) is 0 Å². The lowest BCUT2D eigenvalue weighted by molar-refractivity contribution is 0.210. The van der Waals surface area contributed by atoms with Crippen molar-refractivity contribution in [3.05, 3.63) is 35.9 Å². The van der Waals surface area contributed by atoms with Crippen molar-refractivity contribution in [3.63, 3.8) is 0 Å².